The third-order valence-corrected chi connectivity index (χ3v) is 6.11. The minimum Gasteiger partial charge on any atom is -0.378 e. The first-order valence-electron chi connectivity index (χ1n) is 10.1. The third-order valence-electron chi connectivity index (χ3n) is 4.96. The lowest BCUT2D eigenvalue weighted by atomic mass is 10.2. The second-order valence-electron chi connectivity index (χ2n) is 7.01. The van der Waals surface area contributed by atoms with Crippen LogP contribution < -0.4 is 10.2 Å². The van der Waals surface area contributed by atoms with E-state index in [9.17, 15) is 10.1 Å². The minimum atomic E-state index is -0.158. The van der Waals surface area contributed by atoms with Gasteiger partial charge in [0, 0.05) is 35.6 Å². The number of pyridine rings is 1. The fraction of sp³-hybridized carbons (Fsp3) is 0.208. The Labute approximate surface area is 185 Å². The van der Waals surface area contributed by atoms with Gasteiger partial charge in [-0.05, 0) is 35.9 Å². The molecular formula is C24H22N4O2S. The smallest absolute Gasteiger partial charge is 0.252 e. The summed E-state index contributed by atoms with van der Waals surface area (Å²) in [4.78, 5) is 21.2. The Morgan fingerprint density at radius 3 is 2.55 bits per heavy atom. The van der Waals surface area contributed by atoms with Gasteiger partial charge in [0.15, 0.2) is 0 Å². The molecule has 1 aromatic heterocycles. The van der Waals surface area contributed by atoms with Crippen molar-refractivity contribution in [1.82, 2.24) is 10.3 Å². The molecule has 3 aromatic rings. The molecule has 1 N–H and O–H groups in total. The summed E-state index contributed by atoms with van der Waals surface area (Å²) in [6, 6.07) is 21.0. The predicted molar refractivity (Wildman–Crippen MR) is 120 cm³/mol. The molecule has 0 saturated carbocycles. The zero-order valence-corrected chi connectivity index (χ0v) is 17.8. The minimum absolute atomic E-state index is 0.158. The third kappa shape index (κ3) is 5.23. The number of nitrogens with one attached hydrogen (secondary N) is 1. The molecule has 4 rings (SSSR count). The molecule has 0 radical (unpaired) electrons. The molecule has 2 heterocycles. The van der Waals surface area contributed by atoms with Crippen molar-refractivity contribution in [2.45, 2.75) is 16.3 Å². The summed E-state index contributed by atoms with van der Waals surface area (Å²) >= 11 is 1.42. The molecule has 0 unspecified atom stereocenters. The monoisotopic (exact) mass is 430 g/mol. The van der Waals surface area contributed by atoms with Crippen molar-refractivity contribution in [1.29, 1.82) is 5.26 Å². The number of ether oxygens (including phenoxy) is 1. The number of nitriles is 1. The summed E-state index contributed by atoms with van der Waals surface area (Å²) in [7, 11) is 0. The lowest BCUT2D eigenvalue weighted by Crippen LogP contribution is -2.36. The zero-order chi connectivity index (χ0) is 21.5. The lowest BCUT2D eigenvalue weighted by Gasteiger charge is -2.27. The summed E-state index contributed by atoms with van der Waals surface area (Å²) in [5.41, 5.74) is 2.11. The molecule has 0 bridgehead atoms. The maximum absolute atomic E-state index is 12.9. The molecular weight excluding hydrogens is 408 g/mol. The number of hydrogen-bond acceptors (Lipinski definition) is 6. The molecule has 1 saturated heterocycles. The highest BCUT2D eigenvalue weighted by Crippen LogP contribution is 2.32. The standard InChI is InChI=1S/C24H22N4O2S/c25-15-19-5-1-3-7-21(19)31-22-8-4-2-6-20(22)24(29)27-17-18-9-10-23(26-16-18)28-11-13-30-14-12-28/h1-10,16H,11-14,17H2,(H,27,29). The fourth-order valence-corrected chi connectivity index (χ4v) is 4.31. The van der Waals surface area contributed by atoms with Gasteiger partial charge in [-0.25, -0.2) is 4.98 Å². The number of nitrogens with zero attached hydrogens (tertiary/aromatic N) is 3. The van der Waals surface area contributed by atoms with Gasteiger partial charge in [-0.2, -0.15) is 5.26 Å². The van der Waals surface area contributed by atoms with Crippen LogP contribution in [0.5, 0.6) is 0 Å². The van der Waals surface area contributed by atoms with Crippen molar-refractivity contribution in [3.63, 3.8) is 0 Å². The van der Waals surface area contributed by atoms with Crippen molar-refractivity contribution in [2.24, 2.45) is 0 Å². The van der Waals surface area contributed by atoms with E-state index in [0.29, 0.717) is 17.7 Å². The van der Waals surface area contributed by atoms with Gasteiger partial charge in [-0.3, -0.25) is 4.79 Å². The quantitative estimate of drug-likeness (QED) is 0.640. The Morgan fingerprint density at radius 2 is 1.81 bits per heavy atom. The van der Waals surface area contributed by atoms with E-state index in [4.69, 9.17) is 4.74 Å². The van der Waals surface area contributed by atoms with Crippen LogP contribution in [-0.2, 0) is 11.3 Å². The van der Waals surface area contributed by atoms with Crippen LogP contribution in [0.25, 0.3) is 0 Å². The number of aromatic nitrogens is 1. The average Bonchev–Trinajstić information content (AvgIpc) is 2.84. The highest BCUT2D eigenvalue weighted by Gasteiger charge is 2.14. The average molecular weight is 431 g/mol. The fourth-order valence-electron chi connectivity index (χ4n) is 3.29. The number of benzene rings is 2. The normalized spacial score (nSPS) is 13.5. The van der Waals surface area contributed by atoms with Gasteiger partial charge >= 0.3 is 0 Å². The first-order chi connectivity index (χ1) is 15.2. The van der Waals surface area contributed by atoms with Gasteiger partial charge in [0.25, 0.3) is 5.91 Å². The van der Waals surface area contributed by atoms with Crippen LogP contribution in [0, 0.1) is 11.3 Å². The van der Waals surface area contributed by atoms with Crippen molar-refractivity contribution in [3.8, 4) is 6.07 Å². The molecule has 156 valence electrons. The zero-order valence-electron chi connectivity index (χ0n) is 17.0. The molecule has 6 nitrogen and oxygen atoms in total. The SMILES string of the molecule is N#Cc1ccccc1Sc1ccccc1C(=O)NCc1ccc(N2CCOCC2)nc1. The van der Waals surface area contributed by atoms with E-state index in [2.05, 4.69) is 21.3 Å². The number of rotatable bonds is 6. The highest BCUT2D eigenvalue weighted by atomic mass is 32.2. The Hall–Kier alpha value is -3.34. The van der Waals surface area contributed by atoms with E-state index >= 15 is 0 Å². The van der Waals surface area contributed by atoms with Gasteiger partial charge in [-0.1, -0.05) is 42.1 Å². The molecule has 0 atom stereocenters. The van der Waals surface area contributed by atoms with E-state index in [1.54, 1.807) is 18.3 Å². The van der Waals surface area contributed by atoms with Crippen LogP contribution >= 0.6 is 11.8 Å². The summed E-state index contributed by atoms with van der Waals surface area (Å²) in [6.07, 6.45) is 1.80. The number of carbonyl (C=O) groups is 1. The molecule has 0 spiro atoms. The first-order valence-corrected chi connectivity index (χ1v) is 10.9. The van der Waals surface area contributed by atoms with Gasteiger partial charge in [0.2, 0.25) is 0 Å². The van der Waals surface area contributed by atoms with E-state index in [1.807, 2.05) is 48.5 Å². The Kier molecular flexibility index (Phi) is 6.82. The Balaban J connectivity index is 1.42. The number of morpholine rings is 1. The summed E-state index contributed by atoms with van der Waals surface area (Å²) < 4.78 is 5.38. The van der Waals surface area contributed by atoms with Crippen LogP contribution in [0.1, 0.15) is 21.5 Å². The second kappa shape index (κ2) is 10.1. The predicted octanol–water partition coefficient (Wildman–Crippen LogP) is 3.87. The summed E-state index contributed by atoms with van der Waals surface area (Å²) in [6.45, 7) is 3.51. The first kappa shape index (κ1) is 20.9. The van der Waals surface area contributed by atoms with Crippen molar-refractivity contribution < 1.29 is 9.53 Å². The van der Waals surface area contributed by atoms with Crippen LogP contribution in [0.15, 0.2) is 76.7 Å². The van der Waals surface area contributed by atoms with E-state index in [-0.39, 0.29) is 5.91 Å². The molecule has 0 aliphatic carbocycles. The second-order valence-corrected chi connectivity index (χ2v) is 8.10. The van der Waals surface area contributed by atoms with Crippen molar-refractivity contribution in [3.05, 3.63) is 83.6 Å². The van der Waals surface area contributed by atoms with Crippen molar-refractivity contribution in [2.75, 3.05) is 31.2 Å². The number of carbonyl (C=O) groups excluding carboxylic acids is 1. The van der Waals surface area contributed by atoms with E-state index in [0.717, 1.165) is 47.5 Å². The summed E-state index contributed by atoms with van der Waals surface area (Å²) in [5, 5.41) is 12.3. The van der Waals surface area contributed by atoms with Crippen LogP contribution in [0.4, 0.5) is 5.82 Å². The summed E-state index contributed by atoms with van der Waals surface area (Å²) in [5.74, 6) is 0.770. The number of amides is 1. The van der Waals surface area contributed by atoms with Crippen LogP contribution in [-0.4, -0.2) is 37.2 Å². The lowest BCUT2D eigenvalue weighted by molar-refractivity contribution is 0.0948. The topological polar surface area (TPSA) is 78.2 Å². The molecule has 1 aliphatic heterocycles. The van der Waals surface area contributed by atoms with Gasteiger partial charge in [0.1, 0.15) is 11.9 Å². The van der Waals surface area contributed by atoms with Gasteiger partial charge < -0.3 is 15.0 Å². The van der Waals surface area contributed by atoms with Crippen LogP contribution in [0.2, 0.25) is 0 Å². The molecule has 1 aliphatic rings. The highest BCUT2D eigenvalue weighted by molar-refractivity contribution is 7.99. The molecule has 2 aromatic carbocycles. The van der Waals surface area contributed by atoms with E-state index < -0.39 is 0 Å². The maximum Gasteiger partial charge on any atom is 0.252 e. The van der Waals surface area contributed by atoms with E-state index in [1.165, 1.54) is 11.8 Å². The Bertz CT molecular complexity index is 1090. The number of anilines is 1. The number of hydrogen-bond donors (Lipinski definition) is 1. The van der Waals surface area contributed by atoms with Crippen LogP contribution in [0.3, 0.4) is 0 Å². The van der Waals surface area contributed by atoms with Gasteiger partial charge in [-0.15, -0.1) is 0 Å². The molecule has 31 heavy (non-hydrogen) atoms. The van der Waals surface area contributed by atoms with Crippen molar-refractivity contribution >= 4 is 23.5 Å². The molecule has 1 fully saturated rings. The largest absolute Gasteiger partial charge is 0.378 e. The molecule has 7 heteroatoms. The Morgan fingerprint density at radius 1 is 1.06 bits per heavy atom. The maximum atomic E-state index is 12.9. The van der Waals surface area contributed by atoms with Gasteiger partial charge in [0.05, 0.1) is 24.3 Å². The molecule has 1 amide bonds.